The lowest BCUT2D eigenvalue weighted by Crippen LogP contribution is -2.23. The van der Waals surface area contributed by atoms with Crippen LogP contribution in [0.4, 0.5) is 0 Å². The number of methoxy groups -OCH3 is 3. The highest BCUT2D eigenvalue weighted by Gasteiger charge is 2.47. The summed E-state index contributed by atoms with van der Waals surface area (Å²) >= 11 is 3.44. The number of rotatable bonds is 6. The fourth-order valence-corrected chi connectivity index (χ4v) is 3.78. The molecule has 0 saturated heterocycles. The third kappa shape index (κ3) is 3.03. The Labute approximate surface area is 159 Å². The molecular formula is C19H17BrO6. The van der Waals surface area contributed by atoms with Crippen molar-refractivity contribution in [1.82, 2.24) is 0 Å². The number of esters is 1. The van der Waals surface area contributed by atoms with Crippen LogP contribution in [0, 0.1) is 0 Å². The van der Waals surface area contributed by atoms with E-state index in [1.165, 1.54) is 21.3 Å². The Morgan fingerprint density at radius 1 is 1.08 bits per heavy atom. The van der Waals surface area contributed by atoms with Crippen LogP contribution in [-0.2, 0) is 9.25 Å². The molecule has 0 N–H and O–H groups in total. The van der Waals surface area contributed by atoms with Crippen molar-refractivity contribution in [3.8, 4) is 17.2 Å². The Kier molecular flexibility index (Phi) is 4.91. The Hall–Kier alpha value is -2.54. The van der Waals surface area contributed by atoms with Gasteiger partial charge in [-0.25, -0.2) is 4.79 Å². The average Bonchev–Trinajstić information content (AvgIpc) is 2.91. The van der Waals surface area contributed by atoms with Crippen LogP contribution in [0.25, 0.3) is 0 Å². The Bertz CT molecular complexity index is 878. The van der Waals surface area contributed by atoms with Crippen molar-refractivity contribution in [1.29, 1.82) is 0 Å². The summed E-state index contributed by atoms with van der Waals surface area (Å²) in [5.74, 6) is 0.622. The van der Waals surface area contributed by atoms with E-state index in [4.69, 9.17) is 18.9 Å². The van der Waals surface area contributed by atoms with Crippen LogP contribution in [0.5, 0.6) is 17.2 Å². The second kappa shape index (κ2) is 6.99. The summed E-state index contributed by atoms with van der Waals surface area (Å²) in [5.41, 5.74) is 1.21. The molecule has 0 bridgehead atoms. The molecule has 7 heteroatoms. The summed E-state index contributed by atoms with van der Waals surface area (Å²) in [6, 6.07) is 10.0. The van der Waals surface area contributed by atoms with Crippen molar-refractivity contribution in [2.75, 3.05) is 21.3 Å². The molecule has 0 spiro atoms. The topological polar surface area (TPSA) is 71.1 Å². The number of ketones is 1. The Morgan fingerprint density at radius 3 is 2.46 bits per heavy atom. The monoisotopic (exact) mass is 420 g/mol. The summed E-state index contributed by atoms with van der Waals surface area (Å²) in [7, 11) is 4.50. The fraction of sp³-hybridized carbons (Fsp3) is 0.263. The number of carbonyl (C=O) groups is 2. The summed E-state index contributed by atoms with van der Waals surface area (Å²) in [5, 5.41) is 0. The van der Waals surface area contributed by atoms with Crippen molar-refractivity contribution in [3.05, 3.63) is 53.1 Å². The van der Waals surface area contributed by atoms with Gasteiger partial charge in [0.25, 0.3) is 0 Å². The van der Waals surface area contributed by atoms with Gasteiger partial charge in [0.05, 0.1) is 44.4 Å². The first kappa shape index (κ1) is 18.3. The lowest BCUT2D eigenvalue weighted by atomic mass is 9.97. The third-order valence-corrected chi connectivity index (χ3v) is 5.03. The van der Waals surface area contributed by atoms with Crippen LogP contribution < -0.4 is 14.2 Å². The summed E-state index contributed by atoms with van der Waals surface area (Å²) in [6.07, 6.45) is -0.129. The number of cyclic esters (lactones) is 1. The molecule has 0 radical (unpaired) electrons. The van der Waals surface area contributed by atoms with E-state index in [1.807, 2.05) is 0 Å². The highest BCUT2D eigenvalue weighted by molar-refractivity contribution is 9.09. The molecule has 1 atom stereocenters. The first-order valence-electron chi connectivity index (χ1n) is 7.78. The van der Waals surface area contributed by atoms with E-state index in [1.54, 1.807) is 36.4 Å². The van der Waals surface area contributed by atoms with Crippen molar-refractivity contribution in [2.45, 2.75) is 10.9 Å². The molecule has 0 fully saturated rings. The van der Waals surface area contributed by atoms with E-state index < -0.39 is 10.5 Å². The largest absolute Gasteiger partial charge is 0.497 e. The van der Waals surface area contributed by atoms with Gasteiger partial charge in [0.15, 0.2) is 5.78 Å². The van der Waals surface area contributed by atoms with Gasteiger partial charge < -0.3 is 18.9 Å². The highest BCUT2D eigenvalue weighted by atomic mass is 79.9. The van der Waals surface area contributed by atoms with Crippen LogP contribution in [-0.4, -0.2) is 33.1 Å². The molecule has 1 unspecified atom stereocenters. The first-order valence-corrected chi connectivity index (χ1v) is 8.57. The van der Waals surface area contributed by atoms with Gasteiger partial charge in [0, 0.05) is 0 Å². The molecule has 0 aromatic heterocycles. The van der Waals surface area contributed by atoms with E-state index >= 15 is 0 Å². The van der Waals surface area contributed by atoms with E-state index in [-0.39, 0.29) is 12.2 Å². The predicted molar refractivity (Wildman–Crippen MR) is 97.5 cm³/mol. The molecule has 1 aliphatic heterocycles. The molecule has 0 saturated carbocycles. The van der Waals surface area contributed by atoms with Gasteiger partial charge in [-0.2, -0.15) is 0 Å². The molecule has 6 nitrogen and oxygen atoms in total. The van der Waals surface area contributed by atoms with Crippen LogP contribution in [0.3, 0.4) is 0 Å². The van der Waals surface area contributed by atoms with Crippen molar-refractivity contribution in [2.24, 2.45) is 0 Å². The number of alkyl halides is 1. The number of carbonyl (C=O) groups excluding carboxylic acids is 2. The fourth-order valence-electron chi connectivity index (χ4n) is 2.97. The minimum absolute atomic E-state index is 0.129. The van der Waals surface area contributed by atoms with Crippen LogP contribution >= 0.6 is 15.9 Å². The molecule has 0 amide bonds. The molecule has 26 heavy (non-hydrogen) atoms. The normalized spacial score (nSPS) is 18.1. The smallest absolute Gasteiger partial charge is 0.340 e. The van der Waals surface area contributed by atoms with Crippen LogP contribution in [0.1, 0.15) is 32.7 Å². The summed E-state index contributed by atoms with van der Waals surface area (Å²) in [6.45, 7) is 0. The molecule has 2 aromatic carbocycles. The quantitative estimate of drug-likeness (QED) is 0.403. The van der Waals surface area contributed by atoms with Gasteiger partial charge in [-0.05, 0) is 46.3 Å². The van der Waals surface area contributed by atoms with Gasteiger partial charge in [-0.15, -0.1) is 0 Å². The number of halogens is 1. The number of hydrogen-bond acceptors (Lipinski definition) is 6. The van der Waals surface area contributed by atoms with Crippen molar-refractivity contribution in [3.63, 3.8) is 0 Å². The summed E-state index contributed by atoms with van der Waals surface area (Å²) < 4.78 is 20.0. The lowest BCUT2D eigenvalue weighted by Gasteiger charge is -2.23. The Morgan fingerprint density at radius 2 is 1.81 bits per heavy atom. The number of Topliss-reactive ketones (excluding diaryl/α,β-unsaturated/α-hetero) is 1. The Balaban J connectivity index is 2.00. The van der Waals surface area contributed by atoms with Gasteiger partial charge in [-0.3, -0.25) is 4.79 Å². The maximum atomic E-state index is 13.0. The minimum Gasteiger partial charge on any atom is -0.497 e. The maximum absolute atomic E-state index is 13.0. The molecule has 2 aromatic rings. The maximum Gasteiger partial charge on any atom is 0.340 e. The molecule has 3 rings (SSSR count). The minimum atomic E-state index is -1.31. The first-order chi connectivity index (χ1) is 12.4. The molecule has 1 heterocycles. The standard InChI is InChI=1S/C19H17BrO6/c1-23-11-7-8-15(24-2)13(9-11)14(21)10-19(20)17-12(18(22)26-19)5-4-6-16(17)25-3/h4-9H,10H2,1-3H3. The molecular weight excluding hydrogens is 404 g/mol. The number of hydrogen-bond donors (Lipinski definition) is 0. The zero-order chi connectivity index (χ0) is 18.9. The van der Waals surface area contributed by atoms with E-state index in [2.05, 4.69) is 15.9 Å². The van der Waals surface area contributed by atoms with Crippen molar-refractivity contribution < 1.29 is 28.5 Å². The molecule has 0 aliphatic carbocycles. The second-order valence-electron chi connectivity index (χ2n) is 5.67. The summed E-state index contributed by atoms with van der Waals surface area (Å²) in [4.78, 5) is 25.2. The molecule has 136 valence electrons. The number of fused-ring (bicyclic) bond motifs is 1. The zero-order valence-corrected chi connectivity index (χ0v) is 16.1. The van der Waals surface area contributed by atoms with E-state index in [0.717, 1.165) is 0 Å². The number of benzene rings is 2. The van der Waals surface area contributed by atoms with E-state index in [0.29, 0.717) is 33.9 Å². The zero-order valence-electron chi connectivity index (χ0n) is 14.5. The number of ether oxygens (including phenoxy) is 4. The second-order valence-corrected chi connectivity index (χ2v) is 6.95. The SMILES string of the molecule is COc1ccc(OC)c(C(=O)CC2(Br)OC(=O)c3cccc(OC)c32)c1. The van der Waals surface area contributed by atoms with Crippen LogP contribution in [0.15, 0.2) is 36.4 Å². The highest BCUT2D eigenvalue weighted by Crippen LogP contribution is 2.49. The van der Waals surface area contributed by atoms with Gasteiger partial charge in [0.1, 0.15) is 17.2 Å². The van der Waals surface area contributed by atoms with Crippen molar-refractivity contribution >= 4 is 27.7 Å². The van der Waals surface area contributed by atoms with Gasteiger partial charge >= 0.3 is 5.97 Å². The van der Waals surface area contributed by atoms with E-state index in [9.17, 15) is 9.59 Å². The molecule has 1 aliphatic rings. The average molecular weight is 421 g/mol. The lowest BCUT2D eigenvalue weighted by molar-refractivity contribution is 0.0287. The van der Waals surface area contributed by atoms with Gasteiger partial charge in [0.2, 0.25) is 4.51 Å². The predicted octanol–water partition coefficient (Wildman–Crippen LogP) is 3.70. The third-order valence-electron chi connectivity index (χ3n) is 4.19. The van der Waals surface area contributed by atoms with Gasteiger partial charge in [-0.1, -0.05) is 6.07 Å². The van der Waals surface area contributed by atoms with Crippen LogP contribution in [0.2, 0.25) is 0 Å².